The molecular weight excluding hydrogens is 597 g/mol. The number of hydrogen-bond acceptors (Lipinski definition) is 8. The summed E-state index contributed by atoms with van der Waals surface area (Å²) in [5, 5.41) is 14.2. The number of nitrogens with zero attached hydrogens (tertiary/aromatic N) is 5. The molecule has 12 heteroatoms. The number of amides is 1. The molecular formula is C33H45ClFN7O3. The Balaban J connectivity index is 1.36. The van der Waals surface area contributed by atoms with E-state index in [4.69, 9.17) is 37.3 Å². The molecule has 2 atom stereocenters. The van der Waals surface area contributed by atoms with Crippen molar-refractivity contribution in [3.8, 4) is 11.1 Å². The molecule has 6 rings (SSSR count). The highest BCUT2D eigenvalue weighted by Crippen LogP contribution is 2.56. The van der Waals surface area contributed by atoms with E-state index in [1.54, 1.807) is 0 Å². The molecule has 1 aliphatic carbocycles. The van der Waals surface area contributed by atoms with Crippen molar-refractivity contribution in [3.63, 3.8) is 0 Å². The number of aryl methyl sites for hydroxylation is 1. The first-order valence-electron chi connectivity index (χ1n) is 15.9. The Labute approximate surface area is 269 Å². The SMILES string of the molecule is C=C(F)C(=O)N1CC2(CC(n3nc(N4CCN(CC5COCCO5)C[C@]4(C)CC)c(-c4c(Cl)c(C)cc(N)c4C=N)c3C)C2)C1. The van der Waals surface area contributed by atoms with Gasteiger partial charge >= 0.3 is 0 Å². The lowest BCUT2D eigenvalue weighted by Gasteiger charge is -2.58. The first kappa shape index (κ1) is 32.0. The molecule has 1 amide bonds. The zero-order valence-electron chi connectivity index (χ0n) is 26.8. The summed E-state index contributed by atoms with van der Waals surface area (Å²) in [6.07, 6.45) is 3.95. The number of likely N-dealkylation sites (tertiary alicyclic amines) is 1. The molecule has 4 heterocycles. The standard InChI is InChI=1S/C33H45ClFN7O3/c1-6-32(5)17-39(15-24-16-44-9-10-45-24)7-8-41(32)30-27(28-25(14-36)26(37)11-20(2)29(28)34)22(4)42(38-30)23-12-33(13-23)18-40(19-33)31(43)21(3)35/h11,14,23-24,36H,3,6-10,12-13,15-19,37H2,1-2,4-5H3/t24?,32-/m0/s1. The van der Waals surface area contributed by atoms with Crippen molar-refractivity contribution in [1.82, 2.24) is 19.6 Å². The minimum Gasteiger partial charge on any atom is -0.398 e. The van der Waals surface area contributed by atoms with Crippen LogP contribution in [0.3, 0.4) is 0 Å². The quantitative estimate of drug-likeness (QED) is 0.243. The number of carbonyl (C=O) groups is 1. The van der Waals surface area contributed by atoms with Crippen molar-refractivity contribution in [2.24, 2.45) is 5.41 Å². The number of anilines is 2. The van der Waals surface area contributed by atoms with Gasteiger partial charge in [-0.25, -0.2) is 4.39 Å². The second kappa shape index (κ2) is 12.0. The van der Waals surface area contributed by atoms with Crippen molar-refractivity contribution < 1.29 is 18.7 Å². The second-order valence-electron chi connectivity index (χ2n) is 13.7. The van der Waals surface area contributed by atoms with Crippen LogP contribution in [-0.2, 0) is 14.3 Å². The molecule has 1 aromatic carbocycles. The monoisotopic (exact) mass is 641 g/mol. The van der Waals surface area contributed by atoms with Crippen LogP contribution in [0, 0.1) is 24.7 Å². The first-order valence-corrected chi connectivity index (χ1v) is 16.3. The van der Waals surface area contributed by atoms with E-state index in [2.05, 4.69) is 41.8 Å². The number of carbonyl (C=O) groups excluding carboxylic acids is 1. The van der Waals surface area contributed by atoms with E-state index >= 15 is 0 Å². The van der Waals surface area contributed by atoms with E-state index < -0.39 is 11.7 Å². The summed E-state index contributed by atoms with van der Waals surface area (Å²) in [5.74, 6) is -0.674. The van der Waals surface area contributed by atoms with E-state index in [1.165, 1.54) is 11.1 Å². The highest BCUT2D eigenvalue weighted by Gasteiger charge is 2.55. The Bertz CT molecular complexity index is 1510. The molecule has 3 aliphatic heterocycles. The van der Waals surface area contributed by atoms with E-state index in [0.29, 0.717) is 49.2 Å². The molecule has 244 valence electrons. The Morgan fingerprint density at radius 2 is 1.98 bits per heavy atom. The van der Waals surface area contributed by atoms with Gasteiger partial charge in [0.1, 0.15) is 0 Å². The Hall–Kier alpha value is -2.99. The summed E-state index contributed by atoms with van der Waals surface area (Å²) in [6.45, 7) is 17.9. The van der Waals surface area contributed by atoms with Crippen LogP contribution in [0.2, 0.25) is 5.02 Å². The third-order valence-electron chi connectivity index (χ3n) is 10.5. The molecule has 1 aromatic heterocycles. The number of halogens is 2. The number of benzene rings is 1. The van der Waals surface area contributed by atoms with Crippen molar-refractivity contribution in [2.75, 3.05) is 69.7 Å². The molecule has 0 bridgehead atoms. The van der Waals surface area contributed by atoms with Crippen LogP contribution in [0.1, 0.15) is 56.0 Å². The van der Waals surface area contributed by atoms with Gasteiger partial charge in [-0.2, -0.15) is 5.10 Å². The molecule has 0 radical (unpaired) electrons. The number of ether oxygens (including phenoxy) is 2. The van der Waals surface area contributed by atoms with Gasteiger partial charge in [0.15, 0.2) is 11.6 Å². The molecule has 3 saturated heterocycles. The maximum absolute atomic E-state index is 13.4. The predicted octanol–water partition coefficient (Wildman–Crippen LogP) is 4.75. The number of piperazine rings is 1. The molecule has 4 aliphatic rings. The van der Waals surface area contributed by atoms with E-state index in [-0.39, 0.29) is 23.1 Å². The number of nitrogen functional groups attached to an aromatic ring is 1. The summed E-state index contributed by atoms with van der Waals surface area (Å²) in [7, 11) is 0. The summed E-state index contributed by atoms with van der Waals surface area (Å²) < 4.78 is 27.2. The van der Waals surface area contributed by atoms with Gasteiger partial charge in [0, 0.05) is 79.0 Å². The summed E-state index contributed by atoms with van der Waals surface area (Å²) in [4.78, 5) is 18.5. The molecule has 1 unspecified atom stereocenters. The van der Waals surface area contributed by atoms with E-state index in [0.717, 1.165) is 73.6 Å². The van der Waals surface area contributed by atoms with Gasteiger partial charge in [0.25, 0.3) is 5.91 Å². The van der Waals surface area contributed by atoms with Crippen LogP contribution in [-0.4, -0.2) is 102 Å². The van der Waals surface area contributed by atoms with Crippen molar-refractivity contribution in [3.05, 3.63) is 40.3 Å². The fraction of sp³-hybridized carbons (Fsp3) is 0.606. The molecule has 3 N–H and O–H groups in total. The van der Waals surface area contributed by atoms with Gasteiger partial charge in [-0.3, -0.25) is 14.4 Å². The van der Waals surface area contributed by atoms with Gasteiger partial charge in [-0.1, -0.05) is 25.1 Å². The average Bonchev–Trinajstić information content (AvgIpc) is 3.29. The molecule has 1 saturated carbocycles. The molecule has 10 nitrogen and oxygen atoms in total. The smallest absolute Gasteiger partial charge is 0.282 e. The van der Waals surface area contributed by atoms with Crippen LogP contribution in [0.15, 0.2) is 18.5 Å². The number of nitrogens with one attached hydrogen (secondary N) is 1. The summed E-state index contributed by atoms with van der Waals surface area (Å²) >= 11 is 7.06. The van der Waals surface area contributed by atoms with Gasteiger partial charge < -0.3 is 30.4 Å². The van der Waals surface area contributed by atoms with Crippen molar-refractivity contribution in [1.29, 1.82) is 5.41 Å². The third-order valence-corrected chi connectivity index (χ3v) is 11.0. The predicted molar refractivity (Wildman–Crippen MR) is 175 cm³/mol. The minimum absolute atomic E-state index is 0.0194. The third kappa shape index (κ3) is 5.55. The van der Waals surface area contributed by atoms with E-state index in [9.17, 15) is 9.18 Å². The summed E-state index contributed by atoms with van der Waals surface area (Å²) in [6, 6.07) is 1.95. The topological polar surface area (TPSA) is 113 Å². The minimum atomic E-state index is -0.909. The number of aromatic nitrogens is 2. The van der Waals surface area contributed by atoms with Crippen LogP contribution in [0.4, 0.5) is 15.9 Å². The van der Waals surface area contributed by atoms with Gasteiger partial charge in [-0.15, -0.1) is 0 Å². The maximum atomic E-state index is 13.4. The molecule has 1 spiro atoms. The van der Waals surface area contributed by atoms with Crippen molar-refractivity contribution >= 4 is 35.2 Å². The normalized spacial score (nSPS) is 25.2. The van der Waals surface area contributed by atoms with Crippen LogP contribution >= 0.6 is 11.6 Å². The first-order chi connectivity index (χ1) is 21.4. The van der Waals surface area contributed by atoms with Gasteiger partial charge in [-0.05, 0) is 51.7 Å². The zero-order chi connectivity index (χ0) is 32.3. The lowest BCUT2D eigenvalue weighted by atomic mass is 9.60. The van der Waals surface area contributed by atoms with Gasteiger partial charge in [0.05, 0.1) is 42.5 Å². The Morgan fingerprint density at radius 3 is 2.60 bits per heavy atom. The maximum Gasteiger partial charge on any atom is 0.282 e. The largest absolute Gasteiger partial charge is 0.398 e. The molecule has 2 aromatic rings. The average molecular weight is 642 g/mol. The molecule has 4 fully saturated rings. The number of hydrogen-bond donors (Lipinski definition) is 2. The van der Waals surface area contributed by atoms with Crippen LogP contribution in [0.25, 0.3) is 11.1 Å². The van der Waals surface area contributed by atoms with Crippen molar-refractivity contribution in [2.45, 2.75) is 64.6 Å². The fourth-order valence-corrected chi connectivity index (χ4v) is 8.18. The lowest BCUT2D eigenvalue weighted by Crippen LogP contribution is -2.64. The van der Waals surface area contributed by atoms with Crippen LogP contribution in [0.5, 0.6) is 0 Å². The fourth-order valence-electron chi connectivity index (χ4n) is 7.93. The second-order valence-corrected chi connectivity index (χ2v) is 14.1. The van der Waals surface area contributed by atoms with Crippen LogP contribution < -0.4 is 10.6 Å². The van der Waals surface area contributed by atoms with Gasteiger partial charge in [0.2, 0.25) is 0 Å². The highest BCUT2D eigenvalue weighted by molar-refractivity contribution is 6.35. The summed E-state index contributed by atoms with van der Waals surface area (Å²) in [5.41, 5.74) is 10.8. The zero-order valence-corrected chi connectivity index (χ0v) is 27.6. The highest BCUT2D eigenvalue weighted by atomic mass is 35.5. The number of nitrogens with two attached hydrogens (primary N) is 1. The molecule has 45 heavy (non-hydrogen) atoms. The Kier molecular flexibility index (Phi) is 8.52. The lowest BCUT2D eigenvalue weighted by molar-refractivity contribution is -0.151. The number of rotatable bonds is 8. The van der Waals surface area contributed by atoms with E-state index in [1.807, 2.05) is 13.0 Å². The Morgan fingerprint density at radius 1 is 1.24 bits per heavy atom.